The van der Waals surface area contributed by atoms with E-state index in [1.165, 1.54) is 0 Å². The Kier molecular flexibility index (Phi) is 6.48. The van der Waals surface area contributed by atoms with Crippen LogP contribution in [0.3, 0.4) is 0 Å². The zero-order valence-electron chi connectivity index (χ0n) is 11.9. The first-order valence-corrected chi connectivity index (χ1v) is 8.26. The van der Waals surface area contributed by atoms with Crippen LogP contribution in [0.25, 0.3) is 0 Å². The molecule has 0 atom stereocenters. The van der Waals surface area contributed by atoms with Crippen LogP contribution in [0.5, 0.6) is 0 Å². The monoisotopic (exact) mass is 284 g/mol. The summed E-state index contributed by atoms with van der Waals surface area (Å²) in [6, 6.07) is 7.56. The minimum Gasteiger partial charge on any atom is -0.314 e. The third kappa shape index (κ3) is 5.72. The molecule has 0 aliphatic rings. The predicted octanol–water partition coefficient (Wildman–Crippen LogP) is 1.92. The summed E-state index contributed by atoms with van der Waals surface area (Å²) in [7, 11) is -3.34. The van der Waals surface area contributed by atoms with Crippen LogP contribution >= 0.6 is 0 Å². The second-order valence-electron chi connectivity index (χ2n) is 4.90. The van der Waals surface area contributed by atoms with Gasteiger partial charge in [-0.3, -0.25) is 0 Å². The van der Waals surface area contributed by atoms with E-state index in [0.717, 1.165) is 24.9 Å². The fraction of sp³-hybridized carbons (Fsp3) is 0.571. The first-order valence-electron chi connectivity index (χ1n) is 6.77. The van der Waals surface area contributed by atoms with E-state index in [0.29, 0.717) is 17.5 Å². The van der Waals surface area contributed by atoms with E-state index in [9.17, 15) is 8.42 Å². The Morgan fingerprint density at radius 1 is 1.11 bits per heavy atom. The quantitative estimate of drug-likeness (QED) is 0.767. The SMILES string of the molecule is CCCNS(=O)(=O)c1ccc(CCNC(C)C)cc1. The van der Waals surface area contributed by atoms with E-state index in [1.54, 1.807) is 12.1 Å². The second kappa shape index (κ2) is 7.62. The van der Waals surface area contributed by atoms with Crippen molar-refractivity contribution >= 4 is 10.0 Å². The maximum Gasteiger partial charge on any atom is 0.240 e. The van der Waals surface area contributed by atoms with Crippen LogP contribution in [0.4, 0.5) is 0 Å². The predicted molar refractivity (Wildman–Crippen MR) is 78.8 cm³/mol. The molecule has 5 heteroatoms. The highest BCUT2D eigenvalue weighted by molar-refractivity contribution is 7.89. The van der Waals surface area contributed by atoms with E-state index in [-0.39, 0.29) is 0 Å². The molecule has 1 aromatic carbocycles. The molecule has 108 valence electrons. The average molecular weight is 284 g/mol. The Balaban J connectivity index is 2.60. The number of hydrogen-bond donors (Lipinski definition) is 2. The molecule has 19 heavy (non-hydrogen) atoms. The standard InChI is InChI=1S/C14H24N2O2S/c1-4-10-16-19(17,18)14-7-5-13(6-8-14)9-11-15-12(2)3/h5-8,12,15-16H,4,9-11H2,1-3H3. The molecule has 0 bridgehead atoms. The van der Waals surface area contributed by atoms with Gasteiger partial charge in [0.25, 0.3) is 0 Å². The van der Waals surface area contributed by atoms with Crippen molar-refractivity contribution in [2.45, 2.75) is 44.6 Å². The van der Waals surface area contributed by atoms with Gasteiger partial charge in [0.1, 0.15) is 0 Å². The fourth-order valence-electron chi connectivity index (χ4n) is 1.66. The largest absolute Gasteiger partial charge is 0.314 e. The smallest absolute Gasteiger partial charge is 0.240 e. The van der Waals surface area contributed by atoms with E-state index >= 15 is 0 Å². The van der Waals surface area contributed by atoms with Gasteiger partial charge in [0, 0.05) is 12.6 Å². The molecule has 0 saturated carbocycles. The third-order valence-electron chi connectivity index (χ3n) is 2.74. The van der Waals surface area contributed by atoms with Gasteiger partial charge in [0.2, 0.25) is 10.0 Å². The molecule has 0 amide bonds. The van der Waals surface area contributed by atoms with Gasteiger partial charge in [-0.15, -0.1) is 0 Å². The number of hydrogen-bond acceptors (Lipinski definition) is 3. The molecule has 1 rings (SSSR count). The lowest BCUT2D eigenvalue weighted by Gasteiger charge is -2.09. The van der Waals surface area contributed by atoms with Crippen LogP contribution < -0.4 is 10.0 Å². The van der Waals surface area contributed by atoms with Gasteiger partial charge in [-0.1, -0.05) is 32.9 Å². The summed E-state index contributed by atoms with van der Waals surface area (Å²) in [6.07, 6.45) is 1.69. The van der Waals surface area contributed by atoms with Gasteiger partial charge >= 0.3 is 0 Å². The Bertz CT molecular complexity index is 467. The van der Waals surface area contributed by atoms with Crippen LogP contribution in [0.2, 0.25) is 0 Å². The molecule has 0 saturated heterocycles. The summed E-state index contributed by atoms with van der Waals surface area (Å²) in [5.74, 6) is 0. The van der Waals surface area contributed by atoms with Gasteiger partial charge < -0.3 is 5.32 Å². The fourth-order valence-corrected chi connectivity index (χ4v) is 2.79. The molecule has 4 nitrogen and oxygen atoms in total. The minimum atomic E-state index is -3.34. The normalized spacial score (nSPS) is 12.0. The van der Waals surface area contributed by atoms with Gasteiger partial charge in [-0.05, 0) is 37.1 Å². The minimum absolute atomic E-state index is 0.335. The van der Waals surface area contributed by atoms with Crippen molar-refractivity contribution in [1.29, 1.82) is 0 Å². The number of rotatable bonds is 8. The summed E-state index contributed by atoms with van der Waals surface area (Å²) in [4.78, 5) is 0.335. The summed E-state index contributed by atoms with van der Waals surface area (Å²) in [6.45, 7) is 7.53. The molecule has 0 spiro atoms. The Morgan fingerprint density at radius 3 is 2.26 bits per heavy atom. The summed E-state index contributed by atoms with van der Waals surface area (Å²) in [5.41, 5.74) is 1.14. The maximum atomic E-state index is 11.9. The molecular formula is C14H24N2O2S. The Morgan fingerprint density at radius 2 is 1.74 bits per heavy atom. The zero-order chi connectivity index (χ0) is 14.3. The van der Waals surface area contributed by atoms with Crippen LogP contribution in [-0.2, 0) is 16.4 Å². The van der Waals surface area contributed by atoms with Crippen molar-refractivity contribution < 1.29 is 8.42 Å². The summed E-state index contributed by atoms with van der Waals surface area (Å²) in [5, 5.41) is 3.34. The zero-order valence-corrected chi connectivity index (χ0v) is 12.8. The highest BCUT2D eigenvalue weighted by atomic mass is 32.2. The van der Waals surface area contributed by atoms with Crippen molar-refractivity contribution in [3.05, 3.63) is 29.8 Å². The molecule has 0 aliphatic carbocycles. The third-order valence-corrected chi connectivity index (χ3v) is 4.22. The van der Waals surface area contributed by atoms with E-state index in [4.69, 9.17) is 0 Å². The van der Waals surface area contributed by atoms with E-state index in [1.807, 2.05) is 19.1 Å². The first-order chi connectivity index (χ1) is 8.95. The van der Waals surface area contributed by atoms with Crippen LogP contribution in [0, 0.1) is 0 Å². The molecule has 0 aliphatic heterocycles. The molecule has 0 radical (unpaired) electrons. The molecular weight excluding hydrogens is 260 g/mol. The summed E-state index contributed by atoms with van der Waals surface area (Å²) < 4.78 is 26.3. The van der Waals surface area contributed by atoms with Gasteiger partial charge in [0.15, 0.2) is 0 Å². The molecule has 0 fully saturated rings. The van der Waals surface area contributed by atoms with Crippen molar-refractivity contribution in [1.82, 2.24) is 10.0 Å². The maximum absolute atomic E-state index is 11.9. The number of nitrogens with one attached hydrogen (secondary N) is 2. The van der Waals surface area contributed by atoms with Crippen LogP contribution in [-0.4, -0.2) is 27.5 Å². The second-order valence-corrected chi connectivity index (χ2v) is 6.67. The van der Waals surface area contributed by atoms with Gasteiger partial charge in [-0.2, -0.15) is 0 Å². The Hall–Kier alpha value is -0.910. The lowest BCUT2D eigenvalue weighted by Crippen LogP contribution is -2.25. The van der Waals surface area contributed by atoms with Gasteiger partial charge in [-0.25, -0.2) is 13.1 Å². The number of sulfonamides is 1. The highest BCUT2D eigenvalue weighted by Crippen LogP contribution is 2.10. The van der Waals surface area contributed by atoms with Crippen LogP contribution in [0.1, 0.15) is 32.8 Å². The molecule has 1 aromatic rings. The number of benzene rings is 1. The van der Waals surface area contributed by atoms with Gasteiger partial charge in [0.05, 0.1) is 4.90 Å². The Labute approximate surface area is 116 Å². The molecule has 0 heterocycles. The topological polar surface area (TPSA) is 58.2 Å². The first kappa shape index (κ1) is 16.1. The molecule has 0 aromatic heterocycles. The molecule has 0 unspecified atom stereocenters. The summed E-state index contributed by atoms with van der Waals surface area (Å²) >= 11 is 0. The van der Waals surface area contributed by atoms with Crippen molar-refractivity contribution in [2.75, 3.05) is 13.1 Å². The van der Waals surface area contributed by atoms with Crippen molar-refractivity contribution in [2.24, 2.45) is 0 Å². The van der Waals surface area contributed by atoms with Crippen molar-refractivity contribution in [3.63, 3.8) is 0 Å². The lowest BCUT2D eigenvalue weighted by atomic mass is 10.1. The van der Waals surface area contributed by atoms with E-state index < -0.39 is 10.0 Å². The lowest BCUT2D eigenvalue weighted by molar-refractivity contribution is 0.580. The average Bonchev–Trinajstić information content (AvgIpc) is 2.37. The van der Waals surface area contributed by atoms with E-state index in [2.05, 4.69) is 23.9 Å². The highest BCUT2D eigenvalue weighted by Gasteiger charge is 2.12. The molecule has 2 N–H and O–H groups in total. The van der Waals surface area contributed by atoms with Crippen LogP contribution in [0.15, 0.2) is 29.2 Å². The van der Waals surface area contributed by atoms with Crippen molar-refractivity contribution in [3.8, 4) is 0 Å².